The van der Waals surface area contributed by atoms with Gasteiger partial charge in [0.25, 0.3) is 0 Å². The third kappa shape index (κ3) is 5.57. The highest BCUT2D eigenvalue weighted by atomic mass is 32.2. The molecule has 48 heavy (non-hydrogen) atoms. The van der Waals surface area contributed by atoms with Crippen LogP contribution in [0.25, 0.3) is 40.3 Å². The molecule has 0 amide bonds. The molecule has 0 fully saturated rings. The van der Waals surface area contributed by atoms with E-state index in [1.165, 1.54) is 32.0 Å². The minimum Gasteiger partial charge on any atom is -0.289 e. The maximum atomic E-state index is 13.8. The van der Waals surface area contributed by atoms with Gasteiger partial charge in [-0.1, -0.05) is 42.1 Å². The lowest BCUT2D eigenvalue weighted by atomic mass is 10.1. The molecule has 0 aliphatic rings. The number of rotatable bonds is 5. The van der Waals surface area contributed by atoms with Crippen molar-refractivity contribution in [2.75, 3.05) is 0 Å². The molecule has 234 valence electrons. The van der Waals surface area contributed by atoms with Crippen LogP contribution in [0.1, 0.15) is 22.3 Å². The SMILES string of the molecule is Cc1cc(C)cc([S+](c2ccc3sc4ccccc4c(=O)c3c2)c2c(C)cc(Sc3ccc4sc5ccccc5c(=O)c4c3)cc2C)c1. The zero-order chi connectivity index (χ0) is 33.1. The van der Waals surface area contributed by atoms with E-state index in [2.05, 4.69) is 88.4 Å². The standard InChI is InChI=1S/C42H31O2S4/c1-24-17-25(2)19-31(18-24)48(30-14-16-39-35(23-30)41(44)33-10-6-8-12-37(33)47-39)42-26(3)20-29(21-27(42)4)45-28-13-15-38-34(22-28)40(43)32-9-5-7-11-36(32)46-38/h5-23H,1-4H3/q+1. The number of benzene rings is 6. The quantitative estimate of drug-likeness (QED) is 0.133. The van der Waals surface area contributed by atoms with Gasteiger partial charge in [0.2, 0.25) is 0 Å². The Morgan fingerprint density at radius 3 is 1.60 bits per heavy atom. The summed E-state index contributed by atoms with van der Waals surface area (Å²) in [7, 11) is -0.430. The van der Waals surface area contributed by atoms with Gasteiger partial charge in [-0.25, -0.2) is 0 Å². The fourth-order valence-corrected chi connectivity index (χ4v) is 12.3. The maximum absolute atomic E-state index is 13.8. The van der Waals surface area contributed by atoms with Crippen molar-refractivity contribution in [1.82, 2.24) is 0 Å². The predicted molar refractivity (Wildman–Crippen MR) is 209 cm³/mol. The number of hydrogen-bond donors (Lipinski definition) is 0. The lowest BCUT2D eigenvalue weighted by Crippen LogP contribution is -2.11. The normalized spacial score (nSPS) is 12.3. The van der Waals surface area contributed by atoms with Gasteiger partial charge in [-0.05, 0) is 118 Å². The number of hydrogen-bond acceptors (Lipinski definition) is 5. The molecular weight excluding hydrogens is 665 g/mol. The molecule has 8 aromatic rings. The Labute approximate surface area is 294 Å². The molecule has 1 unspecified atom stereocenters. The van der Waals surface area contributed by atoms with Gasteiger partial charge in [0.1, 0.15) is 0 Å². The fraction of sp³-hybridized carbons (Fsp3) is 0.0952. The van der Waals surface area contributed by atoms with Crippen LogP contribution in [-0.2, 0) is 10.9 Å². The smallest absolute Gasteiger partial charge is 0.196 e. The summed E-state index contributed by atoms with van der Waals surface area (Å²) in [5.41, 5.74) is 5.06. The zero-order valence-corrected chi connectivity index (χ0v) is 30.2. The molecule has 0 aliphatic carbocycles. The van der Waals surface area contributed by atoms with Crippen molar-refractivity contribution in [3.8, 4) is 0 Å². The molecule has 6 heteroatoms. The minimum absolute atomic E-state index is 0.0902. The van der Waals surface area contributed by atoms with Crippen LogP contribution in [-0.4, -0.2) is 0 Å². The Morgan fingerprint density at radius 1 is 0.479 bits per heavy atom. The van der Waals surface area contributed by atoms with E-state index in [-0.39, 0.29) is 10.9 Å². The molecule has 0 aliphatic heterocycles. The molecule has 0 saturated carbocycles. The van der Waals surface area contributed by atoms with E-state index in [1.54, 1.807) is 34.4 Å². The van der Waals surface area contributed by atoms with Gasteiger partial charge in [0, 0.05) is 67.3 Å². The summed E-state index contributed by atoms with van der Waals surface area (Å²) in [5, 5.41) is 3.10. The highest BCUT2D eigenvalue weighted by molar-refractivity contribution is 7.99. The zero-order valence-electron chi connectivity index (χ0n) is 26.9. The molecule has 0 bridgehead atoms. The Morgan fingerprint density at radius 2 is 1.00 bits per heavy atom. The van der Waals surface area contributed by atoms with Gasteiger partial charge in [-0.3, -0.25) is 9.59 Å². The first-order chi connectivity index (χ1) is 23.2. The van der Waals surface area contributed by atoms with Crippen molar-refractivity contribution in [2.24, 2.45) is 0 Å². The molecule has 2 aromatic heterocycles. The lowest BCUT2D eigenvalue weighted by Gasteiger charge is -2.16. The summed E-state index contributed by atoms with van der Waals surface area (Å²) in [6.07, 6.45) is 0. The summed E-state index contributed by atoms with van der Waals surface area (Å²) in [6, 6.07) is 39.8. The van der Waals surface area contributed by atoms with Crippen LogP contribution in [0.2, 0.25) is 0 Å². The molecule has 8 rings (SSSR count). The highest BCUT2D eigenvalue weighted by Gasteiger charge is 2.33. The van der Waals surface area contributed by atoms with Gasteiger partial charge in [0.15, 0.2) is 25.5 Å². The first kappa shape index (κ1) is 31.1. The average molecular weight is 696 g/mol. The van der Waals surface area contributed by atoms with Crippen molar-refractivity contribution in [2.45, 2.75) is 52.2 Å². The summed E-state index contributed by atoms with van der Waals surface area (Å²) >= 11 is 5.03. The molecule has 0 radical (unpaired) electrons. The van der Waals surface area contributed by atoms with E-state index in [0.717, 1.165) is 55.0 Å². The predicted octanol–water partition coefficient (Wildman–Crippen LogP) is 11.6. The third-order valence-corrected chi connectivity index (χ3v) is 14.4. The van der Waals surface area contributed by atoms with E-state index < -0.39 is 10.9 Å². The molecule has 2 nitrogen and oxygen atoms in total. The van der Waals surface area contributed by atoms with Crippen molar-refractivity contribution >= 4 is 85.7 Å². The van der Waals surface area contributed by atoms with Gasteiger partial charge >= 0.3 is 0 Å². The number of aryl methyl sites for hydroxylation is 4. The second-order valence-corrected chi connectivity index (χ2v) is 17.6. The van der Waals surface area contributed by atoms with E-state index in [0.29, 0.717) is 0 Å². The average Bonchev–Trinajstić information content (AvgIpc) is 3.06. The van der Waals surface area contributed by atoms with Crippen LogP contribution in [0.3, 0.4) is 0 Å². The lowest BCUT2D eigenvalue weighted by molar-refractivity contribution is 1.14. The van der Waals surface area contributed by atoms with Crippen LogP contribution in [0, 0.1) is 27.7 Å². The molecule has 0 spiro atoms. The van der Waals surface area contributed by atoms with Gasteiger partial charge in [-0.15, -0.1) is 22.7 Å². The van der Waals surface area contributed by atoms with E-state index in [4.69, 9.17) is 0 Å². The first-order valence-corrected chi connectivity index (χ1v) is 19.4. The Kier molecular flexibility index (Phi) is 8.00. The Balaban J connectivity index is 1.24. The van der Waals surface area contributed by atoms with Gasteiger partial charge < -0.3 is 0 Å². The molecule has 0 N–H and O–H groups in total. The largest absolute Gasteiger partial charge is 0.289 e. The Hall–Kier alpha value is -4.20. The van der Waals surface area contributed by atoms with Crippen LogP contribution in [0.5, 0.6) is 0 Å². The van der Waals surface area contributed by atoms with Crippen molar-refractivity contribution in [3.05, 3.63) is 158 Å². The summed E-state index contributed by atoms with van der Waals surface area (Å²) < 4.78 is 4.05. The first-order valence-electron chi connectivity index (χ1n) is 15.8. The molecular formula is C42H31O2S4+. The summed E-state index contributed by atoms with van der Waals surface area (Å²) in [4.78, 5) is 33.0. The van der Waals surface area contributed by atoms with Crippen LogP contribution in [0.4, 0.5) is 0 Å². The van der Waals surface area contributed by atoms with Crippen molar-refractivity contribution < 1.29 is 0 Å². The second kappa shape index (κ2) is 12.4. The van der Waals surface area contributed by atoms with Crippen LogP contribution < -0.4 is 10.9 Å². The fourth-order valence-electron chi connectivity index (χ4n) is 6.61. The van der Waals surface area contributed by atoms with Gasteiger partial charge in [-0.2, -0.15) is 0 Å². The third-order valence-electron chi connectivity index (χ3n) is 8.63. The van der Waals surface area contributed by atoms with Crippen LogP contribution in [0.15, 0.2) is 149 Å². The monoisotopic (exact) mass is 695 g/mol. The molecule has 1 atom stereocenters. The summed E-state index contributed by atoms with van der Waals surface area (Å²) in [5.74, 6) is 0. The van der Waals surface area contributed by atoms with E-state index in [9.17, 15) is 9.59 Å². The second-order valence-electron chi connectivity index (χ2n) is 12.3. The molecule has 6 aromatic carbocycles. The van der Waals surface area contributed by atoms with Crippen molar-refractivity contribution in [3.63, 3.8) is 0 Å². The number of fused-ring (bicyclic) bond motifs is 4. The molecule has 0 saturated heterocycles. The van der Waals surface area contributed by atoms with Crippen LogP contribution >= 0.6 is 34.4 Å². The van der Waals surface area contributed by atoms with Crippen molar-refractivity contribution in [1.29, 1.82) is 0 Å². The maximum Gasteiger partial charge on any atom is 0.196 e. The van der Waals surface area contributed by atoms with Gasteiger partial charge in [0.05, 0.1) is 10.9 Å². The minimum atomic E-state index is -0.430. The topological polar surface area (TPSA) is 34.1 Å². The van der Waals surface area contributed by atoms with E-state index in [1.807, 2.05) is 54.6 Å². The molecule has 2 heterocycles. The Bertz CT molecular complexity index is 2660. The highest BCUT2D eigenvalue weighted by Crippen LogP contribution is 2.41. The summed E-state index contributed by atoms with van der Waals surface area (Å²) in [6.45, 7) is 8.72. The van der Waals surface area contributed by atoms with E-state index >= 15 is 0 Å².